The van der Waals surface area contributed by atoms with Crippen LogP contribution in [0, 0.1) is 0 Å². The van der Waals surface area contributed by atoms with E-state index in [-0.39, 0.29) is 5.56 Å². The number of benzene rings is 1. The van der Waals surface area contributed by atoms with Crippen LogP contribution < -0.4 is 24.5 Å². The third-order valence-corrected chi connectivity index (χ3v) is 5.04. The van der Waals surface area contributed by atoms with Gasteiger partial charge in [0.05, 0.1) is 11.6 Å². The number of methoxy groups -OCH3 is 1. The van der Waals surface area contributed by atoms with Crippen molar-refractivity contribution in [1.29, 1.82) is 0 Å². The molecule has 4 rings (SSSR count). The Balaban J connectivity index is 1.68. The maximum Gasteiger partial charge on any atom is 0.271 e. The third kappa shape index (κ3) is 3.06. The lowest BCUT2D eigenvalue weighted by Crippen LogP contribution is -2.42. The average Bonchev–Trinajstić information content (AvgIpc) is 2.98. The summed E-state index contributed by atoms with van der Waals surface area (Å²) in [6, 6.07) is 11.5. The number of anilines is 1. The smallest absolute Gasteiger partial charge is 0.271 e. The fraction of sp³-hybridized carbons (Fsp3) is 0.167. The number of hydrogen-bond donors (Lipinski definition) is 0. The van der Waals surface area contributed by atoms with E-state index < -0.39 is 0 Å². The van der Waals surface area contributed by atoms with Crippen molar-refractivity contribution in [3.8, 4) is 5.75 Å². The molecule has 0 atom stereocenters. The number of fused-ring (bicyclic) bond motifs is 1. The molecule has 0 spiro atoms. The molecule has 1 aliphatic rings. The molecule has 7 heteroatoms. The fourth-order valence-electron chi connectivity index (χ4n) is 2.68. The van der Waals surface area contributed by atoms with Crippen molar-refractivity contribution < 1.29 is 4.74 Å². The average molecular weight is 352 g/mol. The first-order valence-corrected chi connectivity index (χ1v) is 8.61. The molecule has 0 N–H and O–H groups in total. The first-order chi connectivity index (χ1) is 12.2. The predicted molar refractivity (Wildman–Crippen MR) is 97.5 cm³/mol. The van der Waals surface area contributed by atoms with Crippen molar-refractivity contribution in [3.63, 3.8) is 0 Å². The van der Waals surface area contributed by atoms with E-state index >= 15 is 0 Å². The Hall–Kier alpha value is -2.93. The first kappa shape index (κ1) is 15.6. The molecule has 0 unspecified atom stereocenters. The van der Waals surface area contributed by atoms with E-state index in [0.29, 0.717) is 17.9 Å². The van der Waals surface area contributed by atoms with Crippen molar-refractivity contribution in [3.05, 3.63) is 74.0 Å². The molecule has 0 bridgehead atoms. The van der Waals surface area contributed by atoms with Gasteiger partial charge in [-0.3, -0.25) is 14.3 Å². The summed E-state index contributed by atoms with van der Waals surface area (Å²) in [5.74, 6) is 0.805. The zero-order valence-corrected chi connectivity index (χ0v) is 14.4. The molecule has 0 radical (unpaired) electrons. The first-order valence-electron chi connectivity index (χ1n) is 7.79. The normalized spacial score (nSPS) is 14.1. The second kappa shape index (κ2) is 6.52. The van der Waals surface area contributed by atoms with E-state index in [1.807, 2.05) is 42.5 Å². The molecule has 3 heterocycles. The zero-order chi connectivity index (χ0) is 17.2. The minimum absolute atomic E-state index is 0.0224. The molecule has 0 aliphatic carbocycles. The maximum absolute atomic E-state index is 12.7. The highest BCUT2D eigenvalue weighted by atomic mass is 32.1. The molecule has 1 aliphatic heterocycles. The molecule has 6 nitrogen and oxygen atoms in total. The van der Waals surface area contributed by atoms with E-state index in [9.17, 15) is 4.79 Å². The second-order valence-corrected chi connectivity index (χ2v) is 6.60. The predicted octanol–water partition coefficient (Wildman–Crippen LogP) is 1.20. The summed E-state index contributed by atoms with van der Waals surface area (Å²) in [5, 5.41) is 0. The van der Waals surface area contributed by atoms with Crippen LogP contribution in [0.25, 0.3) is 6.08 Å². The van der Waals surface area contributed by atoms with Gasteiger partial charge in [-0.15, -0.1) is 0 Å². The number of ether oxygens (including phenoxy) is 1. The van der Waals surface area contributed by atoms with Crippen LogP contribution >= 0.6 is 11.3 Å². The molecule has 126 valence electrons. The monoisotopic (exact) mass is 352 g/mol. The Morgan fingerprint density at radius 1 is 1.24 bits per heavy atom. The van der Waals surface area contributed by atoms with Gasteiger partial charge < -0.3 is 9.64 Å². The summed E-state index contributed by atoms with van der Waals surface area (Å²) >= 11 is 1.41. The molecule has 3 aromatic rings. The van der Waals surface area contributed by atoms with Gasteiger partial charge in [0.25, 0.3) is 5.56 Å². The van der Waals surface area contributed by atoms with Crippen molar-refractivity contribution >= 4 is 23.1 Å². The highest BCUT2D eigenvalue weighted by molar-refractivity contribution is 7.07. The Bertz CT molecular complexity index is 1060. The highest BCUT2D eigenvalue weighted by Crippen LogP contribution is 2.20. The van der Waals surface area contributed by atoms with Crippen LogP contribution in [0.4, 0.5) is 5.69 Å². The van der Waals surface area contributed by atoms with Crippen LogP contribution in [0.3, 0.4) is 0 Å². The molecule has 2 aromatic heterocycles. The number of rotatable bonds is 3. The van der Waals surface area contributed by atoms with Gasteiger partial charge in [-0.2, -0.15) is 0 Å². The van der Waals surface area contributed by atoms with E-state index in [0.717, 1.165) is 21.8 Å². The van der Waals surface area contributed by atoms with Crippen molar-refractivity contribution in [2.45, 2.75) is 6.67 Å². The molecular weight excluding hydrogens is 336 g/mol. The fourth-order valence-corrected chi connectivity index (χ4v) is 3.64. The van der Waals surface area contributed by atoms with Gasteiger partial charge in [-0.1, -0.05) is 17.4 Å². The molecule has 0 saturated carbocycles. The van der Waals surface area contributed by atoms with Crippen LogP contribution in [0.1, 0.15) is 5.56 Å². The largest absolute Gasteiger partial charge is 0.497 e. The van der Waals surface area contributed by atoms with Crippen molar-refractivity contribution in [1.82, 2.24) is 9.55 Å². The third-order valence-electron chi connectivity index (χ3n) is 4.00. The number of pyridine rings is 1. The topological polar surface area (TPSA) is 59.7 Å². The van der Waals surface area contributed by atoms with Gasteiger partial charge >= 0.3 is 0 Å². The van der Waals surface area contributed by atoms with E-state index in [1.54, 1.807) is 24.1 Å². The zero-order valence-electron chi connectivity index (χ0n) is 13.6. The lowest BCUT2D eigenvalue weighted by molar-refractivity contribution is 0.414. The van der Waals surface area contributed by atoms with Gasteiger partial charge in [0.15, 0.2) is 4.80 Å². The minimum Gasteiger partial charge on any atom is -0.497 e. The molecule has 0 fully saturated rings. The Labute approximate surface area is 148 Å². The van der Waals surface area contributed by atoms with E-state index in [4.69, 9.17) is 4.74 Å². The molecule has 1 aromatic carbocycles. The molecule has 0 saturated heterocycles. The number of nitrogens with zero attached hydrogens (tertiary/aromatic N) is 4. The second-order valence-electron chi connectivity index (χ2n) is 5.59. The van der Waals surface area contributed by atoms with E-state index in [1.165, 1.54) is 11.3 Å². The summed E-state index contributed by atoms with van der Waals surface area (Å²) < 4.78 is 7.57. The Morgan fingerprint density at radius 3 is 2.80 bits per heavy atom. The van der Waals surface area contributed by atoms with E-state index in [2.05, 4.69) is 14.9 Å². The highest BCUT2D eigenvalue weighted by Gasteiger charge is 2.16. The lowest BCUT2D eigenvalue weighted by Gasteiger charge is -2.25. The van der Waals surface area contributed by atoms with Crippen LogP contribution in [0.5, 0.6) is 5.75 Å². The van der Waals surface area contributed by atoms with Gasteiger partial charge in [0.2, 0.25) is 0 Å². The number of thiazole rings is 1. The lowest BCUT2D eigenvalue weighted by atomic mass is 10.3. The Kier molecular flexibility index (Phi) is 4.07. The van der Waals surface area contributed by atoms with Crippen LogP contribution in [0.2, 0.25) is 0 Å². The number of hydrogen-bond acceptors (Lipinski definition) is 6. The maximum atomic E-state index is 12.7. The molecule has 0 amide bonds. The standard InChI is InChI=1S/C18H16N4O2S/c1-24-15-6-4-14(5-7-15)21-11-20-18-22(12-21)17(23)16(25-18)9-13-3-2-8-19-10-13/h2-10H,11-12H2,1H3. The summed E-state index contributed by atoms with van der Waals surface area (Å²) in [6.07, 6.45) is 5.31. The summed E-state index contributed by atoms with van der Waals surface area (Å²) in [4.78, 5) is 24.2. The summed E-state index contributed by atoms with van der Waals surface area (Å²) in [5.41, 5.74) is 1.89. The van der Waals surface area contributed by atoms with Gasteiger partial charge in [0.1, 0.15) is 19.1 Å². The van der Waals surface area contributed by atoms with Crippen LogP contribution in [-0.4, -0.2) is 23.3 Å². The summed E-state index contributed by atoms with van der Waals surface area (Å²) in [7, 11) is 1.64. The van der Waals surface area contributed by atoms with Crippen molar-refractivity contribution in [2.75, 3.05) is 18.7 Å². The molecular formula is C18H16N4O2S. The van der Waals surface area contributed by atoms with Crippen LogP contribution in [0.15, 0.2) is 58.6 Å². The summed E-state index contributed by atoms with van der Waals surface area (Å²) in [6.45, 7) is 1.01. The quantitative estimate of drug-likeness (QED) is 0.711. The van der Waals surface area contributed by atoms with Gasteiger partial charge in [-0.25, -0.2) is 4.99 Å². The van der Waals surface area contributed by atoms with Crippen molar-refractivity contribution in [2.24, 2.45) is 4.99 Å². The number of aromatic nitrogens is 2. The van der Waals surface area contributed by atoms with Gasteiger partial charge in [0, 0.05) is 18.1 Å². The van der Waals surface area contributed by atoms with Gasteiger partial charge in [-0.05, 0) is 42.0 Å². The van der Waals surface area contributed by atoms with Crippen LogP contribution in [-0.2, 0) is 6.67 Å². The Morgan fingerprint density at radius 2 is 2.08 bits per heavy atom. The molecule has 25 heavy (non-hydrogen) atoms. The minimum atomic E-state index is -0.0224. The SMILES string of the molecule is COc1ccc(N2CN=c3sc(=Cc4cccnc4)c(=O)n3C2)cc1.